The molecule has 0 aliphatic carbocycles. The number of hydrogen-bond donors (Lipinski definition) is 1. The Hall–Kier alpha value is -0.120. The smallest absolute Gasteiger partial charge is 0.160 e. The minimum Gasteiger partial charge on any atom is -0.393 e. The van der Waals surface area contributed by atoms with Gasteiger partial charge < -0.3 is 14.6 Å². The van der Waals surface area contributed by atoms with E-state index in [2.05, 4.69) is 0 Å². The topological polar surface area (TPSA) is 38.7 Å². The Kier molecular flexibility index (Phi) is 2.65. The molecule has 3 nitrogen and oxygen atoms in total. The van der Waals surface area contributed by atoms with Crippen molar-refractivity contribution >= 4 is 0 Å². The summed E-state index contributed by atoms with van der Waals surface area (Å²) in [6.07, 6.45) is 0.974. The van der Waals surface area contributed by atoms with Gasteiger partial charge in [0.2, 0.25) is 0 Å². The molecule has 3 heteroatoms. The zero-order valence-electron chi connectivity index (χ0n) is 6.41. The second kappa shape index (κ2) is 3.32. The van der Waals surface area contributed by atoms with Gasteiger partial charge in [-0.05, 0) is 13.3 Å². The zero-order chi connectivity index (χ0) is 7.56. The van der Waals surface area contributed by atoms with E-state index < -0.39 is 0 Å². The predicted octanol–water partition coefficient (Wildman–Crippen LogP) is 0.519. The molecule has 60 valence electrons. The van der Waals surface area contributed by atoms with Gasteiger partial charge in [-0.15, -0.1) is 0 Å². The lowest BCUT2D eigenvalue weighted by Gasteiger charge is -2.29. The van der Waals surface area contributed by atoms with Crippen molar-refractivity contribution in [1.82, 2.24) is 0 Å². The summed E-state index contributed by atoms with van der Waals surface area (Å²) in [5, 5.41) is 9.22. The maximum Gasteiger partial charge on any atom is 0.160 e. The van der Waals surface area contributed by atoms with Gasteiger partial charge in [0.25, 0.3) is 0 Å². The summed E-state index contributed by atoms with van der Waals surface area (Å²) in [5.74, 6) is 0. The average Bonchev–Trinajstić information content (AvgIpc) is 1.85. The molecule has 0 radical (unpaired) electrons. The standard InChI is InChI=1S/C7H14O3/c1-5-3-6(8)4-7(9-2)10-5/h5-8H,3-4H2,1-2H3/t5?,6?,7-/m0/s1. The number of ether oxygens (including phenoxy) is 2. The number of aliphatic hydroxyl groups is 1. The molecule has 0 amide bonds. The normalized spacial score (nSPS) is 41.7. The van der Waals surface area contributed by atoms with Gasteiger partial charge in [0, 0.05) is 13.5 Å². The Labute approximate surface area is 60.9 Å². The third kappa shape index (κ3) is 1.94. The van der Waals surface area contributed by atoms with Crippen LogP contribution in [0.3, 0.4) is 0 Å². The van der Waals surface area contributed by atoms with Crippen molar-refractivity contribution in [3.05, 3.63) is 0 Å². The summed E-state index contributed by atoms with van der Waals surface area (Å²) < 4.78 is 10.3. The highest BCUT2D eigenvalue weighted by molar-refractivity contribution is 4.69. The van der Waals surface area contributed by atoms with E-state index in [-0.39, 0.29) is 18.5 Å². The average molecular weight is 146 g/mol. The van der Waals surface area contributed by atoms with Crippen LogP contribution in [0.1, 0.15) is 19.8 Å². The summed E-state index contributed by atoms with van der Waals surface area (Å²) >= 11 is 0. The Morgan fingerprint density at radius 1 is 1.50 bits per heavy atom. The van der Waals surface area contributed by atoms with Crippen LogP contribution in [-0.2, 0) is 9.47 Å². The van der Waals surface area contributed by atoms with Gasteiger partial charge in [-0.1, -0.05) is 0 Å². The van der Waals surface area contributed by atoms with Crippen molar-refractivity contribution in [3.63, 3.8) is 0 Å². The van der Waals surface area contributed by atoms with E-state index >= 15 is 0 Å². The van der Waals surface area contributed by atoms with Gasteiger partial charge in [-0.2, -0.15) is 0 Å². The second-order valence-corrected chi connectivity index (χ2v) is 2.74. The number of rotatable bonds is 1. The largest absolute Gasteiger partial charge is 0.393 e. The third-order valence-corrected chi connectivity index (χ3v) is 1.72. The van der Waals surface area contributed by atoms with Crippen LogP contribution in [0.15, 0.2) is 0 Å². The molecule has 1 aliphatic rings. The summed E-state index contributed by atoms with van der Waals surface area (Å²) in [6, 6.07) is 0. The van der Waals surface area contributed by atoms with Gasteiger partial charge in [0.05, 0.1) is 12.2 Å². The highest BCUT2D eigenvalue weighted by Crippen LogP contribution is 2.19. The first-order valence-corrected chi connectivity index (χ1v) is 3.58. The van der Waals surface area contributed by atoms with E-state index in [1.165, 1.54) is 0 Å². The van der Waals surface area contributed by atoms with Crippen LogP contribution < -0.4 is 0 Å². The number of methoxy groups -OCH3 is 1. The van der Waals surface area contributed by atoms with E-state index in [0.29, 0.717) is 6.42 Å². The van der Waals surface area contributed by atoms with Crippen LogP contribution in [0.4, 0.5) is 0 Å². The first kappa shape index (κ1) is 7.98. The monoisotopic (exact) mass is 146 g/mol. The molecule has 1 N–H and O–H groups in total. The SMILES string of the molecule is CO[C@@H]1CC(O)CC(C)O1. The summed E-state index contributed by atoms with van der Waals surface area (Å²) in [6.45, 7) is 1.94. The molecule has 1 rings (SSSR count). The highest BCUT2D eigenvalue weighted by Gasteiger charge is 2.24. The lowest BCUT2D eigenvalue weighted by atomic mass is 10.1. The van der Waals surface area contributed by atoms with E-state index in [0.717, 1.165) is 6.42 Å². The Morgan fingerprint density at radius 3 is 2.70 bits per heavy atom. The first-order valence-electron chi connectivity index (χ1n) is 3.58. The quantitative estimate of drug-likeness (QED) is 0.586. The van der Waals surface area contributed by atoms with E-state index in [4.69, 9.17) is 9.47 Å². The van der Waals surface area contributed by atoms with Crippen molar-refractivity contribution in [1.29, 1.82) is 0 Å². The van der Waals surface area contributed by atoms with Crippen molar-refractivity contribution in [3.8, 4) is 0 Å². The Bertz CT molecular complexity index is 95.0. The molecular formula is C7H14O3. The van der Waals surface area contributed by atoms with Crippen LogP contribution >= 0.6 is 0 Å². The maximum absolute atomic E-state index is 9.22. The molecule has 0 saturated carbocycles. The lowest BCUT2D eigenvalue weighted by molar-refractivity contribution is -0.198. The molecular weight excluding hydrogens is 132 g/mol. The Morgan fingerprint density at radius 2 is 2.20 bits per heavy atom. The molecule has 1 fully saturated rings. The highest BCUT2D eigenvalue weighted by atomic mass is 16.7. The molecule has 3 atom stereocenters. The van der Waals surface area contributed by atoms with Crippen LogP contribution in [0, 0.1) is 0 Å². The summed E-state index contributed by atoms with van der Waals surface area (Å²) in [5.41, 5.74) is 0. The summed E-state index contributed by atoms with van der Waals surface area (Å²) in [4.78, 5) is 0. The van der Waals surface area contributed by atoms with E-state index in [1.807, 2.05) is 6.92 Å². The van der Waals surface area contributed by atoms with Crippen LogP contribution in [0.5, 0.6) is 0 Å². The summed E-state index contributed by atoms with van der Waals surface area (Å²) in [7, 11) is 1.59. The van der Waals surface area contributed by atoms with E-state index in [1.54, 1.807) is 7.11 Å². The maximum atomic E-state index is 9.22. The predicted molar refractivity (Wildman–Crippen MR) is 36.6 cm³/mol. The van der Waals surface area contributed by atoms with Crippen molar-refractivity contribution in [2.75, 3.05) is 7.11 Å². The zero-order valence-corrected chi connectivity index (χ0v) is 6.41. The third-order valence-electron chi connectivity index (χ3n) is 1.72. The molecule has 0 aromatic carbocycles. The van der Waals surface area contributed by atoms with Crippen molar-refractivity contribution < 1.29 is 14.6 Å². The molecule has 1 aliphatic heterocycles. The van der Waals surface area contributed by atoms with Crippen molar-refractivity contribution in [2.24, 2.45) is 0 Å². The fourth-order valence-corrected chi connectivity index (χ4v) is 1.22. The van der Waals surface area contributed by atoms with Crippen LogP contribution in [-0.4, -0.2) is 30.7 Å². The minimum atomic E-state index is -0.256. The molecule has 1 heterocycles. The molecule has 2 unspecified atom stereocenters. The fraction of sp³-hybridized carbons (Fsp3) is 1.00. The van der Waals surface area contributed by atoms with Gasteiger partial charge in [-0.3, -0.25) is 0 Å². The Balaban J connectivity index is 2.35. The van der Waals surface area contributed by atoms with Crippen molar-refractivity contribution in [2.45, 2.75) is 38.3 Å². The minimum absolute atomic E-state index is 0.119. The second-order valence-electron chi connectivity index (χ2n) is 2.74. The van der Waals surface area contributed by atoms with Gasteiger partial charge in [0.15, 0.2) is 6.29 Å². The first-order chi connectivity index (χ1) is 4.72. The fourth-order valence-electron chi connectivity index (χ4n) is 1.22. The molecule has 0 spiro atoms. The van der Waals surface area contributed by atoms with Crippen LogP contribution in [0.25, 0.3) is 0 Å². The number of hydrogen-bond acceptors (Lipinski definition) is 3. The van der Waals surface area contributed by atoms with Gasteiger partial charge >= 0.3 is 0 Å². The molecule has 1 saturated heterocycles. The lowest BCUT2D eigenvalue weighted by Crippen LogP contribution is -2.34. The van der Waals surface area contributed by atoms with Gasteiger partial charge in [-0.25, -0.2) is 0 Å². The van der Waals surface area contributed by atoms with Gasteiger partial charge in [0.1, 0.15) is 0 Å². The van der Waals surface area contributed by atoms with E-state index in [9.17, 15) is 5.11 Å². The molecule has 10 heavy (non-hydrogen) atoms. The molecule has 0 aromatic rings. The van der Waals surface area contributed by atoms with Crippen LogP contribution in [0.2, 0.25) is 0 Å². The number of aliphatic hydroxyl groups excluding tert-OH is 1. The molecule has 0 aromatic heterocycles. The molecule has 0 bridgehead atoms.